The van der Waals surface area contributed by atoms with Crippen molar-refractivity contribution in [2.75, 3.05) is 11.6 Å². The molecular weight excluding hydrogens is 488 g/mol. The number of carbonyl (C=O) groups is 2. The van der Waals surface area contributed by atoms with E-state index in [1.165, 1.54) is 0 Å². The van der Waals surface area contributed by atoms with E-state index in [-0.39, 0.29) is 24.6 Å². The van der Waals surface area contributed by atoms with Gasteiger partial charge in [0.25, 0.3) is 10.1 Å². The van der Waals surface area contributed by atoms with Crippen molar-refractivity contribution in [3.63, 3.8) is 0 Å². The van der Waals surface area contributed by atoms with Crippen molar-refractivity contribution in [3.8, 4) is 5.75 Å². The fourth-order valence-electron chi connectivity index (χ4n) is 3.15. The number of anilines is 1. The van der Waals surface area contributed by atoms with E-state index in [9.17, 15) is 18.0 Å². The number of hydrogen-bond acceptors (Lipinski definition) is 7. The fraction of sp³-hybridized carbons (Fsp3) is 0.130. The van der Waals surface area contributed by atoms with Gasteiger partial charge in [-0.1, -0.05) is 18.2 Å². The van der Waals surface area contributed by atoms with Gasteiger partial charge in [-0.15, -0.1) is 0 Å². The predicted octanol–water partition coefficient (Wildman–Crippen LogP) is 1.57. The molecule has 36 heavy (non-hydrogen) atoms. The minimum absolute atomic E-state index is 0.0567. The van der Waals surface area contributed by atoms with Crippen molar-refractivity contribution >= 4 is 50.2 Å². The second-order valence-electron chi connectivity index (χ2n) is 7.60. The molecule has 0 spiro atoms. The van der Waals surface area contributed by atoms with E-state index in [0.717, 1.165) is 10.8 Å². The molecule has 12 nitrogen and oxygen atoms in total. The highest BCUT2D eigenvalue weighted by Gasteiger charge is 2.16. The lowest BCUT2D eigenvalue weighted by atomic mass is 9.97. The summed E-state index contributed by atoms with van der Waals surface area (Å²) in [6.45, 7) is 0. The lowest BCUT2D eigenvalue weighted by molar-refractivity contribution is -0.117. The fourth-order valence-corrected chi connectivity index (χ4v) is 3.15. The van der Waals surface area contributed by atoms with Gasteiger partial charge in [0.15, 0.2) is 5.96 Å². The van der Waals surface area contributed by atoms with Crippen molar-refractivity contribution in [1.29, 1.82) is 10.8 Å². The normalized spacial score (nSPS) is 10.6. The highest BCUT2D eigenvalue weighted by atomic mass is 32.2. The van der Waals surface area contributed by atoms with Gasteiger partial charge in [0.05, 0.1) is 11.8 Å². The molecule has 0 unspecified atom stereocenters. The van der Waals surface area contributed by atoms with Crippen LogP contribution in [0, 0.1) is 10.8 Å². The van der Waals surface area contributed by atoms with Gasteiger partial charge >= 0.3 is 5.97 Å². The monoisotopic (exact) mass is 514 g/mol. The molecule has 0 saturated carbocycles. The second kappa shape index (κ2) is 11.8. The van der Waals surface area contributed by atoms with Crippen LogP contribution < -0.4 is 27.3 Å². The molecule has 0 saturated heterocycles. The topological polar surface area (TPSA) is 236 Å². The van der Waals surface area contributed by atoms with Crippen LogP contribution in [-0.4, -0.2) is 42.9 Å². The summed E-state index contributed by atoms with van der Waals surface area (Å²) in [6.07, 6.45) is 1.09. The molecule has 3 aromatic rings. The van der Waals surface area contributed by atoms with Crippen molar-refractivity contribution in [2.24, 2.45) is 17.2 Å². The summed E-state index contributed by atoms with van der Waals surface area (Å²) < 4.78 is 31.5. The summed E-state index contributed by atoms with van der Waals surface area (Å²) in [4.78, 5) is 24.0. The number of rotatable bonds is 7. The van der Waals surface area contributed by atoms with Gasteiger partial charge in [0.2, 0.25) is 5.91 Å². The first-order chi connectivity index (χ1) is 16.7. The average Bonchev–Trinajstić information content (AvgIpc) is 2.76. The van der Waals surface area contributed by atoms with E-state index in [2.05, 4.69) is 5.32 Å². The van der Waals surface area contributed by atoms with Crippen LogP contribution in [0.3, 0.4) is 0 Å². The standard InChI is InChI=1S/C22H22N6O3.CH4O3S/c23-19(29)10-8-17-16-7-3-14(20(24)25)11-13(16)4-9-18(17)31-21(30)12-1-5-15(6-2-12)28-22(26)27;1-5(2,3)4/h1-7,9,11H,8,10H2,(H2,23,29)(H3,24,25)(H4,26,27,28);1H3,(H,2,3,4). The highest BCUT2D eigenvalue weighted by molar-refractivity contribution is 7.85. The number of carbonyl (C=O) groups excluding carboxylic acids is 2. The van der Waals surface area contributed by atoms with Gasteiger partial charge < -0.3 is 27.3 Å². The van der Waals surface area contributed by atoms with Crippen LogP contribution in [0.5, 0.6) is 5.75 Å². The SMILES string of the molecule is CS(=O)(=O)O.N=C(N)Nc1ccc(C(=O)Oc2ccc3cc(C(=N)N)ccc3c2CCC(N)=O)cc1. The lowest BCUT2D eigenvalue weighted by Gasteiger charge is -2.14. The molecule has 0 aromatic heterocycles. The number of fused-ring (bicyclic) bond motifs is 1. The van der Waals surface area contributed by atoms with Crippen LogP contribution in [0.15, 0.2) is 54.6 Å². The van der Waals surface area contributed by atoms with Crippen molar-refractivity contribution in [1.82, 2.24) is 0 Å². The Morgan fingerprint density at radius 1 is 0.972 bits per heavy atom. The minimum atomic E-state index is -3.67. The highest BCUT2D eigenvalue weighted by Crippen LogP contribution is 2.31. The number of nitrogen functional groups attached to an aromatic ring is 1. The van der Waals surface area contributed by atoms with E-state index < -0.39 is 22.0 Å². The van der Waals surface area contributed by atoms with Crippen LogP contribution in [-0.2, 0) is 21.3 Å². The van der Waals surface area contributed by atoms with Crippen molar-refractivity contribution < 1.29 is 27.3 Å². The third-order valence-electron chi connectivity index (χ3n) is 4.62. The van der Waals surface area contributed by atoms with Crippen molar-refractivity contribution in [2.45, 2.75) is 12.8 Å². The summed E-state index contributed by atoms with van der Waals surface area (Å²) >= 11 is 0. The number of aryl methyl sites for hydroxylation is 1. The van der Waals surface area contributed by atoms with Gasteiger partial charge in [0, 0.05) is 23.2 Å². The molecule has 3 rings (SSSR count). The number of nitrogens with two attached hydrogens (primary N) is 3. The molecule has 10 N–H and O–H groups in total. The summed E-state index contributed by atoms with van der Waals surface area (Å²) in [7, 11) is -3.67. The minimum Gasteiger partial charge on any atom is -0.423 e. The zero-order chi connectivity index (χ0) is 27.0. The predicted molar refractivity (Wildman–Crippen MR) is 137 cm³/mol. The molecule has 0 aliphatic rings. The summed E-state index contributed by atoms with van der Waals surface area (Å²) in [5, 5.41) is 19.0. The number of nitrogens with one attached hydrogen (secondary N) is 3. The molecule has 3 aromatic carbocycles. The summed E-state index contributed by atoms with van der Waals surface area (Å²) in [6, 6.07) is 15.0. The number of amidine groups is 1. The number of amides is 1. The Labute approximate surface area is 207 Å². The Balaban J connectivity index is 0.000000830. The van der Waals surface area contributed by atoms with Gasteiger partial charge in [-0.2, -0.15) is 8.42 Å². The van der Waals surface area contributed by atoms with Crippen LogP contribution in [0.25, 0.3) is 10.8 Å². The van der Waals surface area contributed by atoms with Crippen LogP contribution in [0.2, 0.25) is 0 Å². The zero-order valence-corrected chi connectivity index (χ0v) is 20.1. The lowest BCUT2D eigenvalue weighted by Crippen LogP contribution is -2.20. The molecule has 0 bridgehead atoms. The zero-order valence-electron chi connectivity index (χ0n) is 19.2. The Hall–Kier alpha value is -4.49. The van der Waals surface area contributed by atoms with E-state index in [1.54, 1.807) is 54.6 Å². The summed E-state index contributed by atoms with van der Waals surface area (Å²) in [5.41, 5.74) is 18.3. The first kappa shape index (κ1) is 27.8. The Morgan fingerprint density at radius 2 is 1.56 bits per heavy atom. The van der Waals surface area contributed by atoms with Crippen molar-refractivity contribution in [3.05, 3.63) is 71.3 Å². The second-order valence-corrected chi connectivity index (χ2v) is 9.06. The number of primary amides is 1. The third-order valence-corrected chi connectivity index (χ3v) is 4.62. The Bertz CT molecular complexity index is 1410. The first-order valence-electron chi connectivity index (χ1n) is 10.3. The molecule has 0 atom stereocenters. The molecule has 0 aliphatic carbocycles. The molecular formula is C23H26N6O6S. The molecule has 0 aliphatic heterocycles. The van der Waals surface area contributed by atoms with Crippen LogP contribution in [0.4, 0.5) is 5.69 Å². The number of esters is 1. The van der Waals surface area contributed by atoms with Gasteiger partial charge in [-0.05, 0) is 53.6 Å². The van der Waals surface area contributed by atoms with Crippen LogP contribution >= 0.6 is 0 Å². The molecule has 190 valence electrons. The number of hydrogen-bond donors (Lipinski definition) is 7. The van der Waals surface area contributed by atoms with E-state index in [1.807, 2.05) is 0 Å². The number of ether oxygens (including phenoxy) is 1. The van der Waals surface area contributed by atoms with E-state index in [4.69, 9.17) is 37.3 Å². The Morgan fingerprint density at radius 3 is 2.08 bits per heavy atom. The van der Waals surface area contributed by atoms with E-state index in [0.29, 0.717) is 34.4 Å². The largest absolute Gasteiger partial charge is 0.423 e. The Kier molecular flexibility index (Phi) is 9.07. The molecule has 0 radical (unpaired) electrons. The number of benzene rings is 3. The maximum atomic E-state index is 12.7. The van der Waals surface area contributed by atoms with E-state index >= 15 is 0 Å². The quantitative estimate of drug-likeness (QED) is 0.0795. The van der Waals surface area contributed by atoms with Gasteiger partial charge in [-0.25, -0.2) is 4.79 Å². The molecule has 0 heterocycles. The molecule has 13 heteroatoms. The van der Waals surface area contributed by atoms with Crippen LogP contribution in [0.1, 0.15) is 27.9 Å². The third kappa shape index (κ3) is 8.70. The molecule has 1 amide bonds. The van der Waals surface area contributed by atoms with Gasteiger partial charge in [0.1, 0.15) is 11.6 Å². The smallest absolute Gasteiger partial charge is 0.343 e. The average molecular weight is 515 g/mol. The first-order valence-corrected chi connectivity index (χ1v) is 12.1. The maximum absolute atomic E-state index is 12.7. The maximum Gasteiger partial charge on any atom is 0.343 e. The molecule has 0 fully saturated rings. The number of guanidine groups is 1. The van der Waals surface area contributed by atoms with Gasteiger partial charge in [-0.3, -0.25) is 20.2 Å². The summed E-state index contributed by atoms with van der Waals surface area (Å²) in [5.74, 6) is -0.991.